The molecule has 1 aromatic carbocycles. The van der Waals surface area contributed by atoms with Crippen LogP contribution in [0.2, 0.25) is 0 Å². The molecule has 0 bridgehead atoms. The Morgan fingerprint density at radius 1 is 1.17 bits per heavy atom. The van der Waals surface area contributed by atoms with Crippen LogP contribution in [0.5, 0.6) is 0 Å². The van der Waals surface area contributed by atoms with Crippen LogP contribution < -0.4 is 0 Å². The van der Waals surface area contributed by atoms with Gasteiger partial charge >= 0.3 is 5.97 Å². The molecule has 0 amide bonds. The number of carbonyl (C=O) groups excluding carboxylic acids is 1. The second-order valence-electron chi connectivity index (χ2n) is 6.09. The molecule has 0 unspecified atom stereocenters. The van der Waals surface area contributed by atoms with Gasteiger partial charge in [0.05, 0.1) is 29.9 Å². The number of unbranched alkanes of at least 4 members (excludes halogenated alkanes) is 1. The standard InChI is InChI=1S/C18H21FN2O2.3C2H6/c1-3-4-7-23-18(22)14-9-17(12(2)8-15(14)19)21-10-16(20-11-21)13-5-6-13;3*1-2/h8-11,13H,3-7H2,1-2H3;3*1-2H3. The first-order valence-electron chi connectivity index (χ1n) is 11.1. The third-order valence-electron chi connectivity index (χ3n) is 4.11. The van der Waals surface area contributed by atoms with Crippen molar-refractivity contribution in [1.29, 1.82) is 0 Å². The van der Waals surface area contributed by atoms with E-state index in [1.165, 1.54) is 18.9 Å². The summed E-state index contributed by atoms with van der Waals surface area (Å²) < 4.78 is 21.1. The highest BCUT2D eigenvalue weighted by molar-refractivity contribution is 5.90. The number of benzene rings is 1. The van der Waals surface area contributed by atoms with Gasteiger partial charge in [-0.15, -0.1) is 0 Å². The zero-order valence-corrected chi connectivity index (χ0v) is 19.5. The van der Waals surface area contributed by atoms with E-state index >= 15 is 0 Å². The molecule has 1 aliphatic carbocycles. The van der Waals surface area contributed by atoms with Crippen molar-refractivity contribution in [3.05, 3.63) is 47.3 Å². The van der Waals surface area contributed by atoms with Crippen LogP contribution in [0.1, 0.15) is 102 Å². The Balaban J connectivity index is 0.00000120. The van der Waals surface area contributed by atoms with Crippen LogP contribution in [0.15, 0.2) is 24.7 Å². The Hall–Kier alpha value is -2.17. The van der Waals surface area contributed by atoms with Gasteiger partial charge in [-0.05, 0) is 43.9 Å². The van der Waals surface area contributed by atoms with Crippen molar-refractivity contribution >= 4 is 5.97 Å². The van der Waals surface area contributed by atoms with Crippen LogP contribution in [-0.4, -0.2) is 22.1 Å². The molecular formula is C24H39FN2O2. The molecule has 0 spiro atoms. The zero-order chi connectivity index (χ0) is 22.4. The first-order valence-corrected chi connectivity index (χ1v) is 11.1. The van der Waals surface area contributed by atoms with Gasteiger partial charge in [0.1, 0.15) is 5.82 Å². The largest absolute Gasteiger partial charge is 0.462 e. The maximum Gasteiger partial charge on any atom is 0.341 e. The van der Waals surface area contributed by atoms with Crippen molar-refractivity contribution in [2.45, 2.75) is 87.0 Å². The van der Waals surface area contributed by atoms with Crippen molar-refractivity contribution in [2.24, 2.45) is 0 Å². The summed E-state index contributed by atoms with van der Waals surface area (Å²) in [5.41, 5.74) is 2.55. The van der Waals surface area contributed by atoms with Crippen molar-refractivity contribution in [3.63, 3.8) is 0 Å². The highest BCUT2D eigenvalue weighted by Crippen LogP contribution is 2.39. The normalized spacial score (nSPS) is 11.8. The summed E-state index contributed by atoms with van der Waals surface area (Å²) in [5, 5.41) is 0. The lowest BCUT2D eigenvalue weighted by Crippen LogP contribution is -2.10. The molecule has 1 saturated carbocycles. The number of carbonyl (C=O) groups is 1. The Bertz CT molecular complexity index is 722. The molecule has 2 aromatic rings. The fraction of sp³-hybridized carbons (Fsp3) is 0.583. The van der Waals surface area contributed by atoms with E-state index in [2.05, 4.69) is 4.98 Å². The molecule has 5 heteroatoms. The van der Waals surface area contributed by atoms with E-state index in [9.17, 15) is 9.18 Å². The first kappa shape index (κ1) is 26.8. The molecule has 4 nitrogen and oxygen atoms in total. The quantitative estimate of drug-likeness (QED) is 0.375. The van der Waals surface area contributed by atoms with Crippen molar-refractivity contribution in [2.75, 3.05) is 6.61 Å². The van der Waals surface area contributed by atoms with Gasteiger partial charge in [0, 0.05) is 12.1 Å². The van der Waals surface area contributed by atoms with E-state index in [0.29, 0.717) is 12.5 Å². The second-order valence-corrected chi connectivity index (χ2v) is 6.09. The van der Waals surface area contributed by atoms with Crippen LogP contribution in [0, 0.1) is 12.7 Å². The number of hydrogen-bond donors (Lipinski definition) is 0. The van der Waals surface area contributed by atoms with Crippen LogP contribution in [0.4, 0.5) is 4.39 Å². The van der Waals surface area contributed by atoms with Gasteiger partial charge < -0.3 is 9.30 Å². The van der Waals surface area contributed by atoms with E-state index in [1.807, 2.05) is 66.2 Å². The molecule has 0 radical (unpaired) electrons. The van der Waals surface area contributed by atoms with Crippen molar-refractivity contribution in [1.82, 2.24) is 9.55 Å². The topological polar surface area (TPSA) is 44.1 Å². The van der Waals surface area contributed by atoms with Crippen molar-refractivity contribution in [3.8, 4) is 5.69 Å². The Morgan fingerprint density at radius 2 is 1.79 bits per heavy atom. The van der Waals surface area contributed by atoms with E-state index in [1.54, 1.807) is 12.4 Å². The highest BCUT2D eigenvalue weighted by atomic mass is 19.1. The third kappa shape index (κ3) is 8.00. The number of aryl methyl sites for hydroxylation is 1. The molecule has 164 valence electrons. The molecule has 29 heavy (non-hydrogen) atoms. The molecule has 1 fully saturated rings. The second kappa shape index (κ2) is 14.8. The summed E-state index contributed by atoms with van der Waals surface area (Å²) >= 11 is 0. The van der Waals surface area contributed by atoms with Gasteiger partial charge in [-0.2, -0.15) is 0 Å². The molecule has 1 aromatic heterocycles. The molecule has 3 rings (SSSR count). The molecule has 1 heterocycles. The fourth-order valence-corrected chi connectivity index (χ4v) is 2.54. The molecule has 0 atom stereocenters. The van der Waals surface area contributed by atoms with Crippen molar-refractivity contribution < 1.29 is 13.9 Å². The van der Waals surface area contributed by atoms with E-state index in [0.717, 1.165) is 29.8 Å². The van der Waals surface area contributed by atoms with Gasteiger partial charge in [-0.1, -0.05) is 54.9 Å². The zero-order valence-electron chi connectivity index (χ0n) is 19.5. The summed E-state index contributed by atoms with van der Waals surface area (Å²) in [6.45, 7) is 16.1. The summed E-state index contributed by atoms with van der Waals surface area (Å²) in [6.07, 6.45) is 7.74. The van der Waals surface area contributed by atoms with Gasteiger partial charge in [0.15, 0.2) is 0 Å². The molecule has 1 aliphatic rings. The lowest BCUT2D eigenvalue weighted by atomic mass is 10.1. The van der Waals surface area contributed by atoms with E-state index in [-0.39, 0.29) is 5.56 Å². The number of aromatic nitrogens is 2. The maximum absolute atomic E-state index is 14.1. The molecule has 0 aliphatic heterocycles. The van der Waals surface area contributed by atoms with Gasteiger partial charge in [-0.25, -0.2) is 14.2 Å². The minimum absolute atomic E-state index is 0.0247. The number of rotatable bonds is 6. The van der Waals surface area contributed by atoms with Crippen LogP contribution >= 0.6 is 0 Å². The number of halogens is 1. The lowest BCUT2D eigenvalue weighted by molar-refractivity contribution is 0.0494. The summed E-state index contributed by atoms with van der Waals surface area (Å²) in [4.78, 5) is 16.5. The number of nitrogens with zero attached hydrogens (tertiary/aromatic N) is 2. The van der Waals surface area contributed by atoms with Gasteiger partial charge in [0.2, 0.25) is 0 Å². The monoisotopic (exact) mass is 406 g/mol. The molecule has 0 saturated heterocycles. The fourth-order valence-electron chi connectivity index (χ4n) is 2.54. The van der Waals surface area contributed by atoms with Crippen LogP contribution in [0.3, 0.4) is 0 Å². The minimum Gasteiger partial charge on any atom is -0.462 e. The predicted molar refractivity (Wildman–Crippen MR) is 119 cm³/mol. The van der Waals surface area contributed by atoms with Crippen LogP contribution in [0.25, 0.3) is 5.69 Å². The van der Waals surface area contributed by atoms with E-state index < -0.39 is 11.8 Å². The van der Waals surface area contributed by atoms with Gasteiger partial charge in [0.25, 0.3) is 0 Å². The van der Waals surface area contributed by atoms with Gasteiger partial charge in [-0.3, -0.25) is 0 Å². The Kier molecular flexibility index (Phi) is 13.7. The smallest absolute Gasteiger partial charge is 0.341 e. The summed E-state index contributed by atoms with van der Waals surface area (Å²) in [5.74, 6) is -0.606. The lowest BCUT2D eigenvalue weighted by Gasteiger charge is -2.11. The number of imidazole rings is 1. The molecular weight excluding hydrogens is 367 g/mol. The number of hydrogen-bond acceptors (Lipinski definition) is 3. The average molecular weight is 407 g/mol. The Labute approximate surface area is 176 Å². The van der Waals surface area contributed by atoms with Crippen LogP contribution in [-0.2, 0) is 4.74 Å². The minimum atomic E-state index is -0.611. The summed E-state index contributed by atoms with van der Waals surface area (Å²) in [6, 6.07) is 2.93. The van der Waals surface area contributed by atoms with E-state index in [4.69, 9.17) is 4.74 Å². The predicted octanol–water partition coefficient (Wildman–Crippen LogP) is 7.23. The summed E-state index contributed by atoms with van der Waals surface area (Å²) in [7, 11) is 0. The number of ether oxygens (including phenoxy) is 1. The molecule has 0 N–H and O–H groups in total. The SMILES string of the molecule is CC.CC.CC.CCCCOC(=O)c1cc(-n2cnc(C3CC3)c2)c(C)cc1F. The number of esters is 1. The highest BCUT2D eigenvalue weighted by Gasteiger charge is 2.26. The third-order valence-corrected chi connectivity index (χ3v) is 4.11. The Morgan fingerprint density at radius 3 is 2.34 bits per heavy atom. The average Bonchev–Trinajstić information content (AvgIpc) is 3.50. The maximum atomic E-state index is 14.1. The first-order chi connectivity index (χ1) is 14.1.